The van der Waals surface area contributed by atoms with Gasteiger partial charge in [0.1, 0.15) is 5.82 Å². The molecule has 16 heavy (non-hydrogen) atoms. The molecule has 1 heterocycles. The number of halogens is 2. The molecule has 1 saturated heterocycles. The molecule has 2 rings (SSSR count). The molecule has 0 amide bonds. The van der Waals surface area contributed by atoms with E-state index in [1.807, 2.05) is 0 Å². The molecule has 2 atom stereocenters. The van der Waals surface area contributed by atoms with Crippen LogP contribution in [0.25, 0.3) is 0 Å². The molecule has 0 radical (unpaired) electrons. The van der Waals surface area contributed by atoms with E-state index in [1.165, 1.54) is 6.07 Å². The molecule has 88 valence electrons. The summed E-state index contributed by atoms with van der Waals surface area (Å²) in [6, 6.07) is 4.56. The van der Waals surface area contributed by atoms with Crippen molar-refractivity contribution in [2.75, 3.05) is 13.2 Å². The molecule has 1 aromatic carbocycles. The molecule has 0 spiro atoms. The van der Waals surface area contributed by atoms with E-state index in [9.17, 15) is 9.50 Å². The van der Waals surface area contributed by atoms with Gasteiger partial charge in [-0.1, -0.05) is 17.7 Å². The maximum atomic E-state index is 13.7. The Morgan fingerprint density at radius 2 is 2.31 bits per heavy atom. The standard InChI is InChI=1S/C12H14ClFO2/c13-9-3-4-10(11(14)6-9)12-8(7-15)2-1-5-16-12/h3-4,6,8,12,15H,1-2,5,7H2. The second kappa shape index (κ2) is 5.13. The Bertz CT molecular complexity index is 370. The summed E-state index contributed by atoms with van der Waals surface area (Å²) < 4.78 is 19.2. The molecule has 0 aromatic heterocycles. The highest BCUT2D eigenvalue weighted by atomic mass is 35.5. The van der Waals surface area contributed by atoms with Crippen LogP contribution in [0.1, 0.15) is 24.5 Å². The van der Waals surface area contributed by atoms with Crippen LogP contribution in [0.3, 0.4) is 0 Å². The molecule has 0 aliphatic carbocycles. The van der Waals surface area contributed by atoms with E-state index in [0.29, 0.717) is 17.2 Å². The number of aliphatic hydroxyl groups excluding tert-OH is 1. The highest BCUT2D eigenvalue weighted by molar-refractivity contribution is 6.30. The van der Waals surface area contributed by atoms with Gasteiger partial charge in [0.25, 0.3) is 0 Å². The first kappa shape index (κ1) is 11.8. The fourth-order valence-electron chi connectivity index (χ4n) is 2.11. The lowest BCUT2D eigenvalue weighted by molar-refractivity contribution is -0.0473. The minimum absolute atomic E-state index is 0.0206. The van der Waals surface area contributed by atoms with Crippen molar-refractivity contribution < 1.29 is 14.2 Å². The molecule has 0 saturated carbocycles. The Kier molecular flexibility index (Phi) is 3.79. The lowest BCUT2D eigenvalue weighted by atomic mass is 9.90. The number of aliphatic hydroxyl groups is 1. The van der Waals surface area contributed by atoms with E-state index in [1.54, 1.807) is 12.1 Å². The molecule has 4 heteroatoms. The summed E-state index contributed by atoms with van der Waals surface area (Å²) in [6.45, 7) is 0.635. The topological polar surface area (TPSA) is 29.5 Å². The quantitative estimate of drug-likeness (QED) is 0.867. The zero-order valence-electron chi connectivity index (χ0n) is 8.83. The van der Waals surface area contributed by atoms with Crippen LogP contribution in [0.4, 0.5) is 4.39 Å². The number of hydrogen-bond donors (Lipinski definition) is 1. The van der Waals surface area contributed by atoms with E-state index in [2.05, 4.69) is 0 Å². The average molecular weight is 245 g/mol. The zero-order chi connectivity index (χ0) is 11.5. The van der Waals surface area contributed by atoms with E-state index >= 15 is 0 Å². The number of hydrogen-bond acceptors (Lipinski definition) is 2. The fraction of sp³-hybridized carbons (Fsp3) is 0.500. The third-order valence-electron chi connectivity index (χ3n) is 2.95. The second-order valence-electron chi connectivity index (χ2n) is 4.04. The monoisotopic (exact) mass is 244 g/mol. The molecule has 1 N–H and O–H groups in total. The van der Waals surface area contributed by atoms with Gasteiger partial charge in [-0.05, 0) is 25.0 Å². The summed E-state index contributed by atoms with van der Waals surface area (Å²) in [4.78, 5) is 0. The van der Waals surface area contributed by atoms with E-state index < -0.39 is 0 Å². The van der Waals surface area contributed by atoms with Crippen molar-refractivity contribution in [3.63, 3.8) is 0 Å². The van der Waals surface area contributed by atoms with Crippen molar-refractivity contribution in [3.05, 3.63) is 34.6 Å². The van der Waals surface area contributed by atoms with Gasteiger partial charge in [-0.15, -0.1) is 0 Å². The summed E-state index contributed by atoms with van der Waals surface area (Å²) in [5, 5.41) is 9.61. The van der Waals surface area contributed by atoms with Gasteiger partial charge in [-0.3, -0.25) is 0 Å². The van der Waals surface area contributed by atoms with Crippen LogP contribution in [0, 0.1) is 11.7 Å². The normalized spacial score (nSPS) is 25.7. The minimum Gasteiger partial charge on any atom is -0.396 e. The number of ether oxygens (including phenoxy) is 1. The fourth-order valence-corrected chi connectivity index (χ4v) is 2.27. The van der Waals surface area contributed by atoms with Crippen LogP contribution in [-0.4, -0.2) is 18.3 Å². The lowest BCUT2D eigenvalue weighted by Crippen LogP contribution is -2.25. The Morgan fingerprint density at radius 3 is 3.00 bits per heavy atom. The van der Waals surface area contributed by atoms with Crippen LogP contribution in [-0.2, 0) is 4.74 Å². The Balaban J connectivity index is 2.27. The van der Waals surface area contributed by atoms with Gasteiger partial charge in [0.2, 0.25) is 0 Å². The van der Waals surface area contributed by atoms with Crippen molar-refractivity contribution in [3.8, 4) is 0 Å². The molecule has 1 fully saturated rings. The van der Waals surface area contributed by atoms with E-state index in [-0.39, 0.29) is 24.4 Å². The van der Waals surface area contributed by atoms with Crippen molar-refractivity contribution >= 4 is 11.6 Å². The maximum absolute atomic E-state index is 13.7. The molecule has 2 nitrogen and oxygen atoms in total. The predicted molar refractivity (Wildman–Crippen MR) is 59.9 cm³/mol. The lowest BCUT2D eigenvalue weighted by Gasteiger charge is -2.31. The maximum Gasteiger partial charge on any atom is 0.130 e. The first-order valence-corrected chi connectivity index (χ1v) is 5.77. The summed E-state index contributed by atoms with van der Waals surface area (Å²) in [5.74, 6) is -0.387. The van der Waals surface area contributed by atoms with E-state index in [4.69, 9.17) is 16.3 Å². The van der Waals surface area contributed by atoms with Crippen LogP contribution in [0.15, 0.2) is 18.2 Å². The third kappa shape index (κ3) is 2.37. The van der Waals surface area contributed by atoms with Gasteiger partial charge >= 0.3 is 0 Å². The average Bonchev–Trinajstić information content (AvgIpc) is 2.29. The smallest absolute Gasteiger partial charge is 0.130 e. The van der Waals surface area contributed by atoms with Gasteiger partial charge in [0, 0.05) is 29.7 Å². The molecule has 1 aliphatic rings. The predicted octanol–water partition coefficient (Wildman–Crippen LogP) is 2.94. The van der Waals surface area contributed by atoms with Gasteiger partial charge in [-0.25, -0.2) is 4.39 Å². The SMILES string of the molecule is OCC1CCCOC1c1ccc(Cl)cc1F. The molecule has 1 aliphatic heterocycles. The van der Waals surface area contributed by atoms with Crippen molar-refractivity contribution in [1.82, 2.24) is 0 Å². The minimum atomic E-state index is -0.363. The highest BCUT2D eigenvalue weighted by Gasteiger charge is 2.28. The van der Waals surface area contributed by atoms with Crippen molar-refractivity contribution in [2.45, 2.75) is 18.9 Å². The van der Waals surface area contributed by atoms with Crippen LogP contribution < -0.4 is 0 Å². The highest BCUT2D eigenvalue weighted by Crippen LogP contribution is 2.35. The van der Waals surface area contributed by atoms with Crippen molar-refractivity contribution in [2.24, 2.45) is 5.92 Å². The summed E-state index contributed by atoms with van der Waals surface area (Å²) in [5.41, 5.74) is 0.489. The summed E-state index contributed by atoms with van der Waals surface area (Å²) in [7, 11) is 0. The van der Waals surface area contributed by atoms with Crippen LogP contribution in [0.5, 0.6) is 0 Å². The summed E-state index contributed by atoms with van der Waals surface area (Å²) in [6.07, 6.45) is 1.43. The second-order valence-corrected chi connectivity index (χ2v) is 4.48. The Labute approximate surface area is 99.0 Å². The van der Waals surface area contributed by atoms with Crippen LogP contribution in [0.2, 0.25) is 5.02 Å². The molecule has 1 aromatic rings. The molecular formula is C12H14ClFO2. The molecular weight excluding hydrogens is 231 g/mol. The van der Waals surface area contributed by atoms with Gasteiger partial charge in [-0.2, -0.15) is 0 Å². The molecule has 0 bridgehead atoms. The first-order chi connectivity index (χ1) is 7.72. The molecule has 2 unspecified atom stereocenters. The number of rotatable bonds is 2. The first-order valence-electron chi connectivity index (χ1n) is 5.40. The summed E-state index contributed by atoms with van der Waals surface area (Å²) >= 11 is 5.70. The van der Waals surface area contributed by atoms with Crippen LogP contribution >= 0.6 is 11.6 Å². The van der Waals surface area contributed by atoms with E-state index in [0.717, 1.165) is 12.8 Å². The zero-order valence-corrected chi connectivity index (χ0v) is 9.58. The van der Waals surface area contributed by atoms with Gasteiger partial charge in [0.15, 0.2) is 0 Å². The van der Waals surface area contributed by atoms with Gasteiger partial charge < -0.3 is 9.84 Å². The Hall–Kier alpha value is -0.640. The van der Waals surface area contributed by atoms with Gasteiger partial charge in [0.05, 0.1) is 6.10 Å². The van der Waals surface area contributed by atoms with Crippen molar-refractivity contribution in [1.29, 1.82) is 0 Å². The third-order valence-corrected chi connectivity index (χ3v) is 3.18. The Morgan fingerprint density at radius 1 is 1.50 bits per heavy atom. The number of benzene rings is 1. The largest absolute Gasteiger partial charge is 0.396 e.